The lowest BCUT2D eigenvalue weighted by molar-refractivity contribution is 0.381. The van der Waals surface area contributed by atoms with Crippen LogP contribution in [-0.4, -0.2) is 30.6 Å². The van der Waals surface area contributed by atoms with Crippen molar-refractivity contribution in [3.8, 4) is 0 Å². The zero-order valence-corrected chi connectivity index (χ0v) is 22.7. The molecule has 0 amide bonds. The van der Waals surface area contributed by atoms with Gasteiger partial charge in [-0.2, -0.15) is 8.42 Å². The van der Waals surface area contributed by atoms with Crippen LogP contribution in [0.3, 0.4) is 0 Å². The fraction of sp³-hybridized carbons (Fsp3) is 0.333. The molecule has 0 fully saturated rings. The number of nitrogens with one attached hydrogen (secondary N) is 2. The Labute approximate surface area is 224 Å². The van der Waals surface area contributed by atoms with Crippen LogP contribution >= 0.6 is 0 Å². The van der Waals surface area contributed by atoms with Gasteiger partial charge in [-0.3, -0.25) is 9.11 Å². The molecule has 204 valence electrons. The van der Waals surface area contributed by atoms with E-state index in [1.165, 1.54) is 11.1 Å². The molecule has 0 aromatic heterocycles. The molecule has 4 N–H and O–H groups in total. The Morgan fingerprint density at radius 1 is 0.622 bits per heavy atom. The lowest BCUT2D eigenvalue weighted by Crippen LogP contribution is -2.21. The Kier molecular flexibility index (Phi) is 20.7. The average Bonchev–Trinajstić information content (AvgIpc) is 2.85. The van der Waals surface area contributed by atoms with Gasteiger partial charge in [0.2, 0.25) is 0 Å². The first-order valence-corrected chi connectivity index (χ1v) is 13.8. The molecule has 0 radical (unpaired) electrons. The van der Waals surface area contributed by atoms with Crippen molar-refractivity contribution >= 4 is 10.4 Å². The number of benzene rings is 2. The Balaban J connectivity index is 0.000000594. The van der Waals surface area contributed by atoms with Gasteiger partial charge in [-0.05, 0) is 61.7 Å². The minimum atomic E-state index is -4.67. The van der Waals surface area contributed by atoms with Crippen molar-refractivity contribution in [2.45, 2.75) is 38.8 Å². The van der Waals surface area contributed by atoms with Gasteiger partial charge >= 0.3 is 10.4 Å². The maximum atomic E-state index is 8.74. The summed E-state index contributed by atoms with van der Waals surface area (Å²) in [6.45, 7) is 19.1. The van der Waals surface area contributed by atoms with Gasteiger partial charge < -0.3 is 10.6 Å². The van der Waals surface area contributed by atoms with Crippen LogP contribution in [0.2, 0.25) is 0 Å². The van der Waals surface area contributed by atoms with Crippen LogP contribution in [0.4, 0.5) is 0 Å². The van der Waals surface area contributed by atoms with Crippen molar-refractivity contribution < 1.29 is 17.5 Å². The second-order valence-electron chi connectivity index (χ2n) is 8.51. The van der Waals surface area contributed by atoms with E-state index < -0.39 is 10.4 Å². The Bertz CT molecular complexity index is 870. The molecular formula is C30H44N2O4S. The standard InChI is InChI=1S/2C15H21N.H2O4S/c2*1-3-8-14(9-4-2)12-16-13-15-10-6-5-7-11-15;1-5(2,3)4/h2*3-7,10-11,14,16H,1-2,8-9,12-13H2;(H2,1,2,3,4). The quantitative estimate of drug-likeness (QED) is 0.148. The number of hydrogen-bond acceptors (Lipinski definition) is 4. The highest BCUT2D eigenvalue weighted by molar-refractivity contribution is 7.79. The first-order chi connectivity index (χ1) is 17.7. The maximum Gasteiger partial charge on any atom is 0.394 e. The van der Waals surface area contributed by atoms with Crippen LogP contribution in [0, 0.1) is 11.8 Å². The van der Waals surface area contributed by atoms with Gasteiger partial charge in [0.25, 0.3) is 0 Å². The van der Waals surface area contributed by atoms with Crippen molar-refractivity contribution in [2.75, 3.05) is 13.1 Å². The highest BCUT2D eigenvalue weighted by Crippen LogP contribution is 2.10. The predicted octanol–water partition coefficient (Wildman–Crippen LogP) is 6.44. The zero-order valence-electron chi connectivity index (χ0n) is 21.8. The highest BCUT2D eigenvalue weighted by atomic mass is 32.3. The molecule has 0 unspecified atom stereocenters. The maximum absolute atomic E-state index is 8.74. The molecule has 0 aliphatic carbocycles. The van der Waals surface area contributed by atoms with E-state index in [0.29, 0.717) is 11.8 Å². The summed E-state index contributed by atoms with van der Waals surface area (Å²) in [6.07, 6.45) is 12.1. The van der Waals surface area contributed by atoms with Crippen LogP contribution in [0.15, 0.2) is 111 Å². The molecule has 0 heterocycles. The largest absolute Gasteiger partial charge is 0.394 e. The normalized spacial score (nSPS) is 10.5. The molecule has 2 aromatic carbocycles. The summed E-state index contributed by atoms with van der Waals surface area (Å²) in [6, 6.07) is 20.9. The van der Waals surface area contributed by atoms with Gasteiger partial charge in [0.1, 0.15) is 0 Å². The lowest BCUT2D eigenvalue weighted by Gasteiger charge is -2.13. The molecule has 0 bridgehead atoms. The topological polar surface area (TPSA) is 98.7 Å². The zero-order chi connectivity index (χ0) is 27.8. The summed E-state index contributed by atoms with van der Waals surface area (Å²) >= 11 is 0. The van der Waals surface area contributed by atoms with E-state index in [1.807, 2.05) is 36.4 Å². The summed E-state index contributed by atoms with van der Waals surface area (Å²) in [5, 5.41) is 6.95. The van der Waals surface area contributed by atoms with Crippen LogP contribution in [0.1, 0.15) is 36.8 Å². The first-order valence-electron chi connectivity index (χ1n) is 12.4. The summed E-state index contributed by atoms with van der Waals surface area (Å²) < 4.78 is 31.6. The Morgan fingerprint density at radius 2 is 0.892 bits per heavy atom. The van der Waals surface area contributed by atoms with E-state index in [2.05, 4.69) is 85.5 Å². The Morgan fingerprint density at radius 3 is 1.14 bits per heavy atom. The third-order valence-electron chi connectivity index (χ3n) is 5.21. The molecule has 2 rings (SSSR count). The van der Waals surface area contributed by atoms with Crippen LogP contribution in [-0.2, 0) is 23.5 Å². The number of rotatable bonds is 16. The number of hydrogen-bond donors (Lipinski definition) is 4. The van der Waals surface area contributed by atoms with Crippen LogP contribution < -0.4 is 10.6 Å². The first kappa shape index (κ1) is 34.2. The van der Waals surface area contributed by atoms with Crippen molar-refractivity contribution in [3.63, 3.8) is 0 Å². The summed E-state index contributed by atoms with van der Waals surface area (Å²) in [4.78, 5) is 0. The molecule has 0 saturated heterocycles. The second-order valence-corrected chi connectivity index (χ2v) is 9.41. The van der Waals surface area contributed by atoms with E-state index in [4.69, 9.17) is 17.5 Å². The minimum Gasteiger partial charge on any atom is -0.312 e. The fourth-order valence-corrected chi connectivity index (χ4v) is 3.50. The molecule has 0 aliphatic heterocycles. The Hall–Kier alpha value is -2.81. The molecule has 0 atom stereocenters. The minimum absolute atomic E-state index is 0.624. The molecule has 0 spiro atoms. The predicted molar refractivity (Wildman–Crippen MR) is 157 cm³/mol. The van der Waals surface area contributed by atoms with Gasteiger partial charge in [0.05, 0.1) is 0 Å². The molecule has 0 saturated carbocycles. The van der Waals surface area contributed by atoms with Crippen molar-refractivity contribution in [1.29, 1.82) is 0 Å². The van der Waals surface area contributed by atoms with E-state index in [0.717, 1.165) is 51.9 Å². The van der Waals surface area contributed by atoms with Gasteiger partial charge in [0.15, 0.2) is 0 Å². The summed E-state index contributed by atoms with van der Waals surface area (Å²) in [7, 11) is -4.67. The molecule has 6 nitrogen and oxygen atoms in total. The fourth-order valence-electron chi connectivity index (χ4n) is 3.50. The summed E-state index contributed by atoms with van der Waals surface area (Å²) in [5.74, 6) is 1.25. The van der Waals surface area contributed by atoms with Crippen molar-refractivity contribution in [1.82, 2.24) is 10.6 Å². The molecule has 7 heteroatoms. The van der Waals surface area contributed by atoms with E-state index in [9.17, 15) is 0 Å². The number of allylic oxidation sites excluding steroid dienone is 4. The van der Waals surface area contributed by atoms with E-state index >= 15 is 0 Å². The molecule has 2 aromatic rings. The SMILES string of the molecule is C=CCC(CC=C)CNCc1ccccc1.C=CCC(CC=C)CNCc1ccccc1.O=S(=O)(O)O. The monoisotopic (exact) mass is 528 g/mol. The molecule has 0 aliphatic rings. The average molecular weight is 529 g/mol. The van der Waals surface area contributed by atoms with Gasteiger partial charge in [0, 0.05) is 13.1 Å². The second kappa shape index (κ2) is 22.4. The summed E-state index contributed by atoms with van der Waals surface area (Å²) in [5.41, 5.74) is 2.66. The van der Waals surface area contributed by atoms with Gasteiger partial charge in [-0.25, -0.2) is 0 Å². The van der Waals surface area contributed by atoms with Crippen molar-refractivity contribution in [2.24, 2.45) is 11.8 Å². The lowest BCUT2D eigenvalue weighted by atomic mass is 10.0. The third-order valence-corrected chi connectivity index (χ3v) is 5.21. The highest BCUT2D eigenvalue weighted by Gasteiger charge is 2.04. The van der Waals surface area contributed by atoms with Gasteiger partial charge in [-0.15, -0.1) is 26.3 Å². The third kappa shape index (κ3) is 23.3. The smallest absolute Gasteiger partial charge is 0.312 e. The molecule has 37 heavy (non-hydrogen) atoms. The van der Waals surface area contributed by atoms with Crippen LogP contribution in [0.25, 0.3) is 0 Å². The van der Waals surface area contributed by atoms with Crippen molar-refractivity contribution in [3.05, 3.63) is 122 Å². The van der Waals surface area contributed by atoms with Gasteiger partial charge in [-0.1, -0.05) is 85.0 Å². The molecular weight excluding hydrogens is 484 g/mol. The van der Waals surface area contributed by atoms with Crippen LogP contribution in [0.5, 0.6) is 0 Å². The van der Waals surface area contributed by atoms with E-state index in [-0.39, 0.29) is 0 Å². The van der Waals surface area contributed by atoms with E-state index in [1.54, 1.807) is 0 Å².